The van der Waals surface area contributed by atoms with E-state index >= 15 is 0 Å². The fourth-order valence-corrected chi connectivity index (χ4v) is 3.70. The van der Waals surface area contributed by atoms with Gasteiger partial charge in [-0.2, -0.15) is 0 Å². The summed E-state index contributed by atoms with van der Waals surface area (Å²) in [5.41, 5.74) is 2.33. The minimum absolute atomic E-state index is 0.220. The van der Waals surface area contributed by atoms with E-state index in [0.717, 1.165) is 16.8 Å². The van der Waals surface area contributed by atoms with Crippen molar-refractivity contribution < 1.29 is 19.1 Å². The number of rotatable bonds is 2. The van der Waals surface area contributed by atoms with E-state index in [4.69, 9.17) is 9.47 Å². The van der Waals surface area contributed by atoms with Crippen molar-refractivity contribution in [3.63, 3.8) is 0 Å². The molecule has 2 aromatic rings. The van der Waals surface area contributed by atoms with Crippen LogP contribution < -0.4 is 15.0 Å². The molecule has 2 aliphatic rings. The van der Waals surface area contributed by atoms with Gasteiger partial charge in [-0.1, -0.05) is 17.7 Å². The quantitative estimate of drug-likeness (QED) is 0.840. The number of benzene rings is 2. The Morgan fingerprint density at radius 1 is 1.27 bits per heavy atom. The van der Waals surface area contributed by atoms with Gasteiger partial charge in [0.25, 0.3) is 0 Å². The van der Waals surface area contributed by atoms with E-state index in [1.165, 1.54) is 7.11 Å². The topological polar surface area (TPSA) is 67.9 Å². The van der Waals surface area contributed by atoms with Gasteiger partial charge >= 0.3 is 12.0 Å². The van der Waals surface area contributed by atoms with Crippen molar-refractivity contribution in [3.8, 4) is 5.75 Å². The van der Waals surface area contributed by atoms with Crippen molar-refractivity contribution in [3.05, 3.63) is 59.2 Å². The number of nitrogens with zero attached hydrogens (tertiary/aromatic N) is 1. The van der Waals surface area contributed by atoms with Crippen LogP contribution in [0.5, 0.6) is 5.75 Å². The molecule has 26 heavy (non-hydrogen) atoms. The van der Waals surface area contributed by atoms with Crippen LogP contribution in [0.1, 0.15) is 40.9 Å². The number of nitrogens with one attached hydrogen (secondary N) is 1. The number of esters is 1. The smallest absolute Gasteiger partial charge is 0.337 e. The summed E-state index contributed by atoms with van der Waals surface area (Å²) in [4.78, 5) is 26.3. The minimum atomic E-state index is -0.804. The largest absolute Gasteiger partial charge is 0.467 e. The Balaban J connectivity index is 1.75. The molecular weight excluding hydrogens is 332 g/mol. The van der Waals surface area contributed by atoms with Crippen molar-refractivity contribution >= 4 is 17.7 Å². The standard InChI is InChI=1S/C20H20N2O4/c1-12-4-7-14(8-5-12)22-19(24)21-16-11-20(22,2)26-17-9-6-13(10-15(16)17)18(23)25-3/h4-10,16H,11H2,1-3H3,(H,21,24)/t16-,20+/m0/s1. The zero-order chi connectivity index (χ0) is 18.5. The second kappa shape index (κ2) is 5.76. The fraction of sp³-hybridized carbons (Fsp3) is 0.300. The molecule has 2 heterocycles. The maximum Gasteiger partial charge on any atom is 0.337 e. The van der Waals surface area contributed by atoms with Gasteiger partial charge in [0.1, 0.15) is 5.75 Å². The number of fused-ring (bicyclic) bond motifs is 4. The third-order valence-electron chi connectivity index (χ3n) is 4.98. The van der Waals surface area contributed by atoms with Gasteiger partial charge < -0.3 is 14.8 Å². The lowest BCUT2D eigenvalue weighted by molar-refractivity contribution is 0.0377. The molecular formula is C20H20N2O4. The number of hydrogen-bond acceptors (Lipinski definition) is 4. The first-order valence-corrected chi connectivity index (χ1v) is 8.50. The second-order valence-corrected chi connectivity index (χ2v) is 6.90. The van der Waals surface area contributed by atoms with Crippen molar-refractivity contribution in [1.82, 2.24) is 5.32 Å². The van der Waals surface area contributed by atoms with Crippen LogP contribution in [0.25, 0.3) is 0 Å². The zero-order valence-electron chi connectivity index (χ0n) is 14.9. The van der Waals surface area contributed by atoms with Crippen molar-refractivity contribution in [2.45, 2.75) is 32.0 Å². The van der Waals surface area contributed by atoms with E-state index in [1.807, 2.05) is 38.1 Å². The molecule has 0 unspecified atom stereocenters. The average Bonchev–Trinajstić information content (AvgIpc) is 2.61. The highest BCUT2D eigenvalue weighted by atomic mass is 16.5. The maximum atomic E-state index is 12.8. The van der Waals surface area contributed by atoms with E-state index in [1.54, 1.807) is 23.1 Å². The normalized spacial score (nSPS) is 23.6. The molecule has 1 saturated heterocycles. The lowest BCUT2D eigenvalue weighted by atomic mass is 9.89. The summed E-state index contributed by atoms with van der Waals surface area (Å²) in [6, 6.07) is 12.5. The van der Waals surface area contributed by atoms with Gasteiger partial charge in [-0.3, -0.25) is 4.90 Å². The molecule has 2 atom stereocenters. The predicted molar refractivity (Wildman–Crippen MR) is 96.4 cm³/mol. The highest BCUT2D eigenvalue weighted by Gasteiger charge is 2.49. The molecule has 0 saturated carbocycles. The van der Waals surface area contributed by atoms with E-state index in [2.05, 4.69) is 5.32 Å². The molecule has 2 amide bonds. The summed E-state index contributed by atoms with van der Waals surface area (Å²) < 4.78 is 11.0. The molecule has 0 radical (unpaired) electrons. The molecule has 1 fully saturated rings. The fourth-order valence-electron chi connectivity index (χ4n) is 3.70. The van der Waals surface area contributed by atoms with E-state index < -0.39 is 11.7 Å². The molecule has 134 valence electrons. The Bertz CT molecular complexity index is 893. The third-order valence-corrected chi connectivity index (χ3v) is 4.98. The van der Waals surface area contributed by atoms with Crippen LogP contribution in [0.2, 0.25) is 0 Å². The second-order valence-electron chi connectivity index (χ2n) is 6.90. The SMILES string of the molecule is COC(=O)c1ccc2c(c1)[C@@H]1C[C@@](C)(O2)N(c2ccc(C)cc2)C(=O)N1. The molecule has 2 aliphatic heterocycles. The van der Waals surface area contributed by atoms with Crippen LogP contribution in [-0.4, -0.2) is 24.8 Å². The lowest BCUT2D eigenvalue weighted by Crippen LogP contribution is -2.65. The molecule has 6 heteroatoms. The molecule has 2 bridgehead atoms. The first-order chi connectivity index (χ1) is 12.4. The molecule has 1 N–H and O–H groups in total. The number of hydrogen-bond donors (Lipinski definition) is 1. The number of carbonyl (C=O) groups is 2. The number of methoxy groups -OCH3 is 1. The minimum Gasteiger partial charge on any atom is -0.467 e. The highest BCUT2D eigenvalue weighted by Crippen LogP contribution is 2.45. The summed E-state index contributed by atoms with van der Waals surface area (Å²) in [5.74, 6) is 0.248. The Hall–Kier alpha value is -3.02. The van der Waals surface area contributed by atoms with Gasteiger partial charge in [0.05, 0.1) is 18.7 Å². The van der Waals surface area contributed by atoms with Crippen LogP contribution in [0.15, 0.2) is 42.5 Å². The Labute approximate surface area is 151 Å². The van der Waals surface area contributed by atoms with Crippen LogP contribution in [0, 0.1) is 6.92 Å². The first kappa shape index (κ1) is 16.4. The molecule has 2 aromatic carbocycles. The van der Waals surface area contributed by atoms with E-state index in [9.17, 15) is 9.59 Å². The molecule has 0 aromatic heterocycles. The Kier molecular flexibility index (Phi) is 3.64. The number of anilines is 1. The van der Waals surface area contributed by atoms with Gasteiger partial charge in [0.2, 0.25) is 0 Å². The van der Waals surface area contributed by atoms with Gasteiger partial charge in [-0.05, 0) is 44.2 Å². The van der Waals surface area contributed by atoms with Crippen LogP contribution in [0.3, 0.4) is 0 Å². The Morgan fingerprint density at radius 3 is 2.69 bits per heavy atom. The van der Waals surface area contributed by atoms with Gasteiger partial charge in [-0.25, -0.2) is 9.59 Å². The van der Waals surface area contributed by atoms with Crippen LogP contribution in [0.4, 0.5) is 10.5 Å². The van der Waals surface area contributed by atoms with Gasteiger partial charge in [0, 0.05) is 17.7 Å². The van der Waals surface area contributed by atoms with Crippen molar-refractivity contribution in [1.29, 1.82) is 0 Å². The summed E-state index contributed by atoms with van der Waals surface area (Å²) in [6.45, 7) is 3.92. The van der Waals surface area contributed by atoms with Crippen LogP contribution in [-0.2, 0) is 4.74 Å². The molecule has 4 rings (SSSR count). The highest BCUT2D eigenvalue weighted by molar-refractivity contribution is 5.95. The van der Waals surface area contributed by atoms with Crippen molar-refractivity contribution in [2.24, 2.45) is 0 Å². The molecule has 6 nitrogen and oxygen atoms in total. The number of urea groups is 1. The molecule has 0 aliphatic carbocycles. The summed E-state index contributed by atoms with van der Waals surface area (Å²) in [6.07, 6.45) is 0.574. The molecule has 0 spiro atoms. The van der Waals surface area contributed by atoms with E-state index in [-0.39, 0.29) is 12.1 Å². The average molecular weight is 352 g/mol. The van der Waals surface area contributed by atoms with Crippen LogP contribution >= 0.6 is 0 Å². The van der Waals surface area contributed by atoms with Crippen molar-refractivity contribution in [2.75, 3.05) is 12.0 Å². The summed E-state index contributed by atoms with van der Waals surface area (Å²) in [7, 11) is 1.34. The number of ether oxygens (including phenoxy) is 2. The van der Waals surface area contributed by atoms with E-state index in [0.29, 0.717) is 17.7 Å². The number of amides is 2. The number of aryl methyl sites for hydroxylation is 1. The summed E-state index contributed by atoms with van der Waals surface area (Å²) >= 11 is 0. The predicted octanol–water partition coefficient (Wildman–Crippen LogP) is 3.55. The zero-order valence-corrected chi connectivity index (χ0v) is 14.9. The lowest BCUT2D eigenvalue weighted by Gasteiger charge is -2.50. The van der Waals surface area contributed by atoms with Gasteiger partial charge in [0.15, 0.2) is 5.72 Å². The first-order valence-electron chi connectivity index (χ1n) is 8.50. The monoisotopic (exact) mass is 352 g/mol. The number of carbonyl (C=O) groups excluding carboxylic acids is 2. The van der Waals surface area contributed by atoms with Gasteiger partial charge in [-0.15, -0.1) is 0 Å². The maximum absolute atomic E-state index is 12.8. The summed E-state index contributed by atoms with van der Waals surface area (Å²) in [5, 5.41) is 3.03. The Morgan fingerprint density at radius 2 is 2.00 bits per heavy atom. The third kappa shape index (κ3) is 2.49.